The Morgan fingerprint density at radius 2 is 2.25 bits per heavy atom. The topological polar surface area (TPSA) is 28.2 Å². The van der Waals surface area contributed by atoms with E-state index in [9.17, 15) is 0 Å². The van der Waals surface area contributed by atoms with Crippen molar-refractivity contribution in [3.8, 4) is 0 Å². The van der Waals surface area contributed by atoms with Gasteiger partial charge in [0.1, 0.15) is 5.01 Å². The van der Waals surface area contributed by atoms with E-state index in [-0.39, 0.29) is 0 Å². The first-order valence-electron chi connectivity index (χ1n) is 7.59. The first kappa shape index (κ1) is 16.3. The molecule has 0 atom stereocenters. The maximum atomic E-state index is 4.75. The standard InChI is InChI=1S/C15H27N3S2/c1-4-6-16-10-14-17-13(12-19-14)11-18-7-5-15(2,3)20-9-8-18/h12,16H,4-11H2,1-3H3. The number of thiazole rings is 1. The van der Waals surface area contributed by atoms with Crippen LogP contribution in [0, 0.1) is 0 Å². The van der Waals surface area contributed by atoms with Crippen LogP contribution in [0.1, 0.15) is 44.3 Å². The van der Waals surface area contributed by atoms with Crippen LogP contribution in [0.25, 0.3) is 0 Å². The monoisotopic (exact) mass is 313 g/mol. The van der Waals surface area contributed by atoms with Crippen LogP contribution in [0.5, 0.6) is 0 Å². The minimum Gasteiger partial charge on any atom is -0.310 e. The Balaban J connectivity index is 1.81. The Hall–Kier alpha value is -0.100. The molecule has 0 saturated carbocycles. The van der Waals surface area contributed by atoms with Gasteiger partial charge in [0.25, 0.3) is 0 Å². The minimum atomic E-state index is 0.437. The molecule has 1 N–H and O–H groups in total. The third-order valence-electron chi connectivity index (χ3n) is 3.62. The third kappa shape index (κ3) is 5.35. The van der Waals surface area contributed by atoms with Gasteiger partial charge in [-0.05, 0) is 25.9 Å². The molecule has 0 unspecified atom stereocenters. The molecule has 1 aliphatic rings. The van der Waals surface area contributed by atoms with Crippen molar-refractivity contribution >= 4 is 23.1 Å². The van der Waals surface area contributed by atoms with Gasteiger partial charge in [0.2, 0.25) is 0 Å². The van der Waals surface area contributed by atoms with Gasteiger partial charge < -0.3 is 5.32 Å². The molecule has 0 aliphatic carbocycles. The first-order chi connectivity index (χ1) is 9.59. The van der Waals surface area contributed by atoms with E-state index >= 15 is 0 Å². The first-order valence-corrected chi connectivity index (χ1v) is 9.46. The average molecular weight is 314 g/mol. The van der Waals surface area contributed by atoms with Crippen LogP contribution in [0.4, 0.5) is 0 Å². The molecule has 0 bridgehead atoms. The van der Waals surface area contributed by atoms with E-state index in [4.69, 9.17) is 4.98 Å². The molecular formula is C15H27N3S2. The Labute approximate surface area is 131 Å². The lowest BCUT2D eigenvalue weighted by molar-refractivity contribution is 0.273. The minimum absolute atomic E-state index is 0.437. The van der Waals surface area contributed by atoms with Crippen LogP contribution < -0.4 is 5.32 Å². The molecule has 1 fully saturated rings. The van der Waals surface area contributed by atoms with Gasteiger partial charge >= 0.3 is 0 Å². The second kappa shape index (κ2) is 7.78. The van der Waals surface area contributed by atoms with Crippen LogP contribution in [-0.2, 0) is 13.1 Å². The number of aromatic nitrogens is 1. The summed E-state index contributed by atoms with van der Waals surface area (Å²) in [6.45, 7) is 12.3. The van der Waals surface area contributed by atoms with Crippen LogP contribution in [-0.4, -0.2) is 40.0 Å². The van der Waals surface area contributed by atoms with Crippen LogP contribution in [0.15, 0.2) is 5.38 Å². The number of hydrogen-bond donors (Lipinski definition) is 1. The quantitative estimate of drug-likeness (QED) is 0.815. The second-order valence-corrected chi connectivity index (χ2v) is 8.79. The summed E-state index contributed by atoms with van der Waals surface area (Å²) in [5.41, 5.74) is 1.24. The smallest absolute Gasteiger partial charge is 0.107 e. The van der Waals surface area contributed by atoms with Gasteiger partial charge in [-0.1, -0.05) is 20.8 Å². The molecular weight excluding hydrogens is 286 g/mol. The molecule has 0 radical (unpaired) electrons. The molecule has 0 spiro atoms. The van der Waals surface area contributed by atoms with Crippen molar-refractivity contribution in [3.63, 3.8) is 0 Å². The Morgan fingerprint density at radius 3 is 3.05 bits per heavy atom. The zero-order valence-electron chi connectivity index (χ0n) is 12.9. The summed E-state index contributed by atoms with van der Waals surface area (Å²) in [5.74, 6) is 1.24. The Kier molecular flexibility index (Phi) is 6.33. The lowest BCUT2D eigenvalue weighted by Gasteiger charge is -2.22. The molecule has 1 aromatic rings. The molecule has 1 aliphatic heterocycles. The third-order valence-corrected chi connectivity index (χ3v) is 5.89. The van der Waals surface area contributed by atoms with Gasteiger partial charge in [-0.15, -0.1) is 11.3 Å². The van der Waals surface area contributed by atoms with Crippen molar-refractivity contribution in [2.75, 3.05) is 25.4 Å². The van der Waals surface area contributed by atoms with E-state index in [1.165, 1.54) is 42.4 Å². The van der Waals surface area contributed by atoms with Crippen molar-refractivity contribution in [1.82, 2.24) is 15.2 Å². The van der Waals surface area contributed by atoms with E-state index in [1.54, 1.807) is 11.3 Å². The molecule has 1 aromatic heterocycles. The molecule has 1 saturated heterocycles. The van der Waals surface area contributed by atoms with Gasteiger partial charge in [-0.3, -0.25) is 4.90 Å². The number of thioether (sulfide) groups is 1. The summed E-state index contributed by atoms with van der Waals surface area (Å²) in [7, 11) is 0. The molecule has 0 aromatic carbocycles. The van der Waals surface area contributed by atoms with E-state index in [0.717, 1.165) is 19.6 Å². The highest BCUT2D eigenvalue weighted by molar-refractivity contribution is 8.00. The molecule has 2 rings (SSSR count). The second-order valence-electron chi connectivity index (χ2n) is 6.04. The zero-order chi connectivity index (χ0) is 14.4. The largest absolute Gasteiger partial charge is 0.310 e. The van der Waals surface area contributed by atoms with Crippen molar-refractivity contribution in [3.05, 3.63) is 16.1 Å². The molecule has 20 heavy (non-hydrogen) atoms. The summed E-state index contributed by atoms with van der Waals surface area (Å²) < 4.78 is 0.437. The predicted molar refractivity (Wildman–Crippen MR) is 90.5 cm³/mol. The van der Waals surface area contributed by atoms with Crippen LogP contribution in [0.3, 0.4) is 0 Å². The number of nitrogens with zero attached hydrogens (tertiary/aromatic N) is 2. The SMILES string of the molecule is CCCNCc1nc(CN2CCSC(C)(C)CC2)cs1. The number of nitrogens with one attached hydrogen (secondary N) is 1. The van der Waals surface area contributed by atoms with E-state index < -0.39 is 0 Å². The van der Waals surface area contributed by atoms with Crippen LogP contribution >= 0.6 is 23.1 Å². The van der Waals surface area contributed by atoms with Gasteiger partial charge in [0, 0.05) is 35.5 Å². The Bertz CT molecular complexity index is 404. The van der Waals surface area contributed by atoms with Crippen molar-refractivity contribution in [2.45, 2.75) is 51.4 Å². The fraction of sp³-hybridized carbons (Fsp3) is 0.800. The predicted octanol–water partition coefficient (Wildman–Crippen LogP) is 3.36. The summed E-state index contributed by atoms with van der Waals surface area (Å²) in [4.78, 5) is 7.31. The summed E-state index contributed by atoms with van der Waals surface area (Å²) in [6, 6.07) is 0. The van der Waals surface area contributed by atoms with Gasteiger partial charge in [0.15, 0.2) is 0 Å². The van der Waals surface area contributed by atoms with E-state index in [1.807, 2.05) is 0 Å². The Morgan fingerprint density at radius 1 is 1.40 bits per heavy atom. The molecule has 114 valence electrons. The maximum Gasteiger partial charge on any atom is 0.107 e. The van der Waals surface area contributed by atoms with E-state index in [2.05, 4.69) is 48.1 Å². The molecule has 3 nitrogen and oxygen atoms in total. The molecule has 5 heteroatoms. The molecule has 0 amide bonds. The summed E-state index contributed by atoms with van der Waals surface area (Å²) in [5, 5.41) is 6.87. The van der Waals surface area contributed by atoms with Gasteiger partial charge in [-0.25, -0.2) is 4.98 Å². The summed E-state index contributed by atoms with van der Waals surface area (Å²) >= 11 is 3.89. The lowest BCUT2D eigenvalue weighted by Crippen LogP contribution is -2.27. The lowest BCUT2D eigenvalue weighted by atomic mass is 10.1. The van der Waals surface area contributed by atoms with Crippen molar-refractivity contribution in [2.24, 2.45) is 0 Å². The number of hydrogen-bond acceptors (Lipinski definition) is 5. The van der Waals surface area contributed by atoms with Crippen LogP contribution in [0.2, 0.25) is 0 Å². The van der Waals surface area contributed by atoms with Gasteiger partial charge in [-0.2, -0.15) is 11.8 Å². The highest BCUT2D eigenvalue weighted by atomic mass is 32.2. The number of rotatable bonds is 6. The zero-order valence-corrected chi connectivity index (χ0v) is 14.6. The highest BCUT2D eigenvalue weighted by Gasteiger charge is 2.23. The van der Waals surface area contributed by atoms with E-state index in [0.29, 0.717) is 4.75 Å². The fourth-order valence-corrected chi connectivity index (χ4v) is 4.22. The van der Waals surface area contributed by atoms with Crippen molar-refractivity contribution < 1.29 is 0 Å². The molecule has 2 heterocycles. The fourth-order valence-electron chi connectivity index (χ4n) is 2.32. The normalized spacial score (nSPS) is 19.9. The summed E-state index contributed by atoms with van der Waals surface area (Å²) in [6.07, 6.45) is 2.45. The van der Waals surface area contributed by atoms with Gasteiger partial charge in [0.05, 0.1) is 5.69 Å². The maximum absolute atomic E-state index is 4.75. The highest BCUT2D eigenvalue weighted by Crippen LogP contribution is 2.31. The average Bonchev–Trinajstić information content (AvgIpc) is 2.76. The van der Waals surface area contributed by atoms with Crippen molar-refractivity contribution in [1.29, 1.82) is 0 Å².